The number of unbranched alkanes of at least 4 members (excludes halogenated alkanes) is 7. The van der Waals surface area contributed by atoms with Crippen molar-refractivity contribution in [2.75, 3.05) is 0 Å². The van der Waals surface area contributed by atoms with E-state index in [2.05, 4.69) is 16.9 Å². The van der Waals surface area contributed by atoms with E-state index in [1.165, 1.54) is 32.1 Å². The molecule has 0 unspecified atom stereocenters. The van der Waals surface area contributed by atoms with E-state index >= 15 is 0 Å². The number of nitrogens with one attached hydrogen (secondary N) is 2. The minimum Gasteiger partial charge on any atom is -0.494 e. The monoisotopic (exact) mass is 268 g/mol. The molecule has 1 aromatic heterocycles. The molecule has 0 saturated heterocycles. The van der Waals surface area contributed by atoms with Crippen LogP contribution in [-0.4, -0.2) is 15.1 Å². The second-order valence-corrected chi connectivity index (χ2v) is 4.96. The van der Waals surface area contributed by atoms with Crippen LogP contribution < -0.4 is 11.2 Å². The second kappa shape index (κ2) is 8.56. The van der Waals surface area contributed by atoms with E-state index < -0.39 is 11.2 Å². The standard InChI is InChI=1S/C14H24N2O3/c1-2-3-4-5-6-7-8-9-10-11-12(17)15-14(19)16-13(11)18/h2-10H2,1H3,(H3,15,16,17,18,19). The minimum absolute atomic E-state index is 0.283. The van der Waals surface area contributed by atoms with Crippen molar-refractivity contribution >= 4 is 0 Å². The lowest BCUT2D eigenvalue weighted by molar-refractivity contribution is 0.438. The molecule has 108 valence electrons. The molecule has 0 fully saturated rings. The van der Waals surface area contributed by atoms with Gasteiger partial charge in [-0.05, 0) is 12.8 Å². The number of H-pyrrole nitrogens is 2. The summed E-state index contributed by atoms with van der Waals surface area (Å²) >= 11 is 0. The maximum atomic E-state index is 11.5. The molecule has 1 rings (SSSR count). The molecule has 0 bridgehead atoms. The molecule has 0 aliphatic carbocycles. The zero-order valence-electron chi connectivity index (χ0n) is 11.6. The van der Waals surface area contributed by atoms with Gasteiger partial charge in [0.15, 0.2) is 0 Å². The van der Waals surface area contributed by atoms with Gasteiger partial charge >= 0.3 is 5.69 Å². The third kappa shape index (κ3) is 5.77. The number of hydrogen-bond donors (Lipinski definition) is 3. The third-order valence-corrected chi connectivity index (χ3v) is 3.30. The lowest BCUT2D eigenvalue weighted by Gasteiger charge is -2.03. The van der Waals surface area contributed by atoms with Gasteiger partial charge in [-0.15, -0.1) is 0 Å². The van der Waals surface area contributed by atoms with Crippen molar-refractivity contribution in [3.05, 3.63) is 26.4 Å². The van der Waals surface area contributed by atoms with Crippen molar-refractivity contribution in [3.8, 4) is 5.88 Å². The van der Waals surface area contributed by atoms with Gasteiger partial charge in [0.05, 0.1) is 5.56 Å². The number of hydrogen-bond acceptors (Lipinski definition) is 3. The van der Waals surface area contributed by atoms with Crippen LogP contribution in [0.5, 0.6) is 5.88 Å². The van der Waals surface area contributed by atoms with Crippen LogP contribution >= 0.6 is 0 Å². The summed E-state index contributed by atoms with van der Waals surface area (Å²) in [6, 6.07) is 0. The second-order valence-electron chi connectivity index (χ2n) is 4.96. The van der Waals surface area contributed by atoms with Crippen LogP contribution in [0.15, 0.2) is 9.59 Å². The minimum atomic E-state index is -0.665. The quantitative estimate of drug-likeness (QED) is 0.601. The number of aromatic amines is 2. The molecule has 5 nitrogen and oxygen atoms in total. The summed E-state index contributed by atoms with van der Waals surface area (Å²) in [6.07, 6.45) is 9.94. The topological polar surface area (TPSA) is 85.9 Å². The predicted octanol–water partition coefficient (Wildman–Crippen LogP) is 2.45. The van der Waals surface area contributed by atoms with Gasteiger partial charge < -0.3 is 5.11 Å². The average molecular weight is 268 g/mol. The summed E-state index contributed by atoms with van der Waals surface area (Å²) in [4.78, 5) is 26.7. The van der Waals surface area contributed by atoms with Crippen LogP contribution in [-0.2, 0) is 6.42 Å². The summed E-state index contributed by atoms with van der Waals surface area (Å²) in [6.45, 7) is 2.20. The summed E-state index contributed by atoms with van der Waals surface area (Å²) in [7, 11) is 0. The maximum absolute atomic E-state index is 11.5. The number of rotatable bonds is 9. The molecule has 0 spiro atoms. The fraction of sp³-hybridized carbons (Fsp3) is 0.714. The lowest BCUT2D eigenvalue weighted by Crippen LogP contribution is -2.25. The molecule has 0 radical (unpaired) electrons. The Morgan fingerprint density at radius 1 is 0.895 bits per heavy atom. The van der Waals surface area contributed by atoms with Gasteiger partial charge in [0.25, 0.3) is 5.56 Å². The third-order valence-electron chi connectivity index (χ3n) is 3.30. The van der Waals surface area contributed by atoms with Crippen molar-refractivity contribution in [3.63, 3.8) is 0 Å². The summed E-state index contributed by atoms with van der Waals surface area (Å²) in [5.41, 5.74) is -0.864. The molecule has 1 heterocycles. The van der Waals surface area contributed by atoms with Crippen molar-refractivity contribution in [1.29, 1.82) is 0 Å². The number of aromatic nitrogens is 2. The van der Waals surface area contributed by atoms with Crippen LogP contribution in [0.25, 0.3) is 0 Å². The van der Waals surface area contributed by atoms with Gasteiger partial charge in [0.2, 0.25) is 5.88 Å². The average Bonchev–Trinajstić information content (AvgIpc) is 2.35. The van der Waals surface area contributed by atoms with E-state index in [9.17, 15) is 14.7 Å². The first-order valence-electron chi connectivity index (χ1n) is 7.19. The highest BCUT2D eigenvalue weighted by Crippen LogP contribution is 2.12. The molecule has 0 saturated carbocycles. The van der Waals surface area contributed by atoms with Gasteiger partial charge in [-0.25, -0.2) is 4.79 Å². The van der Waals surface area contributed by atoms with Crippen LogP contribution in [0.1, 0.15) is 63.9 Å². The zero-order valence-corrected chi connectivity index (χ0v) is 11.6. The fourth-order valence-corrected chi connectivity index (χ4v) is 2.17. The van der Waals surface area contributed by atoms with Gasteiger partial charge in [0, 0.05) is 0 Å². The van der Waals surface area contributed by atoms with Crippen molar-refractivity contribution < 1.29 is 5.11 Å². The molecule has 5 heteroatoms. The Labute approximate surface area is 113 Å². The first kappa shape index (κ1) is 15.5. The Balaban J connectivity index is 2.23. The van der Waals surface area contributed by atoms with Crippen LogP contribution in [0.3, 0.4) is 0 Å². The van der Waals surface area contributed by atoms with Gasteiger partial charge in [0.1, 0.15) is 0 Å². The van der Waals surface area contributed by atoms with Crippen molar-refractivity contribution in [2.45, 2.75) is 64.7 Å². The SMILES string of the molecule is CCCCCCCCCCc1c(O)[nH]c(=O)[nH]c1=O. The molecule has 0 aromatic carbocycles. The Kier molecular flexibility index (Phi) is 7.00. The van der Waals surface area contributed by atoms with E-state index in [1.807, 2.05) is 0 Å². The fourth-order valence-electron chi connectivity index (χ4n) is 2.17. The largest absolute Gasteiger partial charge is 0.494 e. The summed E-state index contributed by atoms with van der Waals surface area (Å²) in [5, 5.41) is 9.50. The number of aromatic hydroxyl groups is 1. The van der Waals surface area contributed by atoms with E-state index in [0.29, 0.717) is 6.42 Å². The molecule has 0 atom stereocenters. The molecule has 1 aromatic rings. The Bertz CT molecular complexity index is 476. The summed E-state index contributed by atoms with van der Waals surface area (Å²) in [5.74, 6) is -0.295. The Morgan fingerprint density at radius 3 is 2.05 bits per heavy atom. The zero-order chi connectivity index (χ0) is 14.1. The van der Waals surface area contributed by atoms with Gasteiger partial charge in [-0.3, -0.25) is 14.8 Å². The van der Waals surface area contributed by atoms with E-state index in [1.54, 1.807) is 0 Å². The molecular weight excluding hydrogens is 244 g/mol. The van der Waals surface area contributed by atoms with Crippen LogP contribution in [0, 0.1) is 0 Å². The van der Waals surface area contributed by atoms with Crippen molar-refractivity contribution in [1.82, 2.24) is 9.97 Å². The Hall–Kier alpha value is -1.52. The lowest BCUT2D eigenvalue weighted by atomic mass is 10.1. The maximum Gasteiger partial charge on any atom is 0.328 e. The van der Waals surface area contributed by atoms with E-state index in [-0.39, 0.29) is 11.4 Å². The van der Waals surface area contributed by atoms with E-state index in [0.717, 1.165) is 19.3 Å². The molecular formula is C14H24N2O3. The molecule has 0 aliphatic heterocycles. The molecule has 0 amide bonds. The first-order valence-corrected chi connectivity index (χ1v) is 7.19. The normalized spacial score (nSPS) is 10.8. The molecule has 19 heavy (non-hydrogen) atoms. The van der Waals surface area contributed by atoms with Crippen molar-refractivity contribution in [2.24, 2.45) is 0 Å². The predicted molar refractivity (Wildman–Crippen MR) is 75.7 cm³/mol. The highest BCUT2D eigenvalue weighted by molar-refractivity contribution is 5.20. The molecule has 0 aliphatic rings. The van der Waals surface area contributed by atoms with Crippen LogP contribution in [0.4, 0.5) is 0 Å². The first-order chi connectivity index (χ1) is 9.15. The Morgan fingerprint density at radius 2 is 1.47 bits per heavy atom. The highest BCUT2D eigenvalue weighted by Gasteiger charge is 2.07. The molecule has 3 N–H and O–H groups in total. The van der Waals surface area contributed by atoms with E-state index in [4.69, 9.17) is 0 Å². The highest BCUT2D eigenvalue weighted by atomic mass is 16.3. The van der Waals surface area contributed by atoms with Gasteiger partial charge in [-0.1, -0.05) is 51.9 Å². The van der Waals surface area contributed by atoms with Gasteiger partial charge in [-0.2, -0.15) is 0 Å². The summed E-state index contributed by atoms with van der Waals surface area (Å²) < 4.78 is 0. The van der Waals surface area contributed by atoms with Crippen LogP contribution in [0.2, 0.25) is 0 Å². The smallest absolute Gasteiger partial charge is 0.328 e.